The average molecular weight is 347 g/mol. The summed E-state index contributed by atoms with van der Waals surface area (Å²) in [5.74, 6) is -0.615. The molecular weight excluding hydrogens is 326 g/mol. The number of allylic oxidation sites excluding steroid dienone is 1. The molecule has 0 spiro atoms. The number of rotatable bonds is 3. The number of fused-ring (bicyclic) bond motifs is 1. The summed E-state index contributed by atoms with van der Waals surface area (Å²) in [7, 11) is 1.28. The Morgan fingerprint density at radius 3 is 2.42 bits per heavy atom. The van der Waals surface area contributed by atoms with E-state index in [4.69, 9.17) is 9.47 Å². The van der Waals surface area contributed by atoms with E-state index in [2.05, 4.69) is 5.32 Å². The fourth-order valence-electron chi connectivity index (χ4n) is 2.10. The van der Waals surface area contributed by atoms with Crippen molar-refractivity contribution in [2.24, 2.45) is 0 Å². The Morgan fingerprint density at radius 2 is 1.83 bits per heavy atom. The average Bonchev–Trinajstić information content (AvgIpc) is 2.93. The van der Waals surface area contributed by atoms with Crippen molar-refractivity contribution in [3.63, 3.8) is 0 Å². The predicted octanol–water partition coefficient (Wildman–Crippen LogP) is 4.33. The van der Waals surface area contributed by atoms with Gasteiger partial charge in [-0.25, -0.2) is 9.59 Å². The van der Waals surface area contributed by atoms with Crippen LogP contribution in [0.15, 0.2) is 36.0 Å². The molecule has 1 heterocycles. The molecule has 0 saturated carbocycles. The molecule has 1 aromatic heterocycles. The predicted molar refractivity (Wildman–Crippen MR) is 95.8 cm³/mol. The second-order valence-corrected chi connectivity index (χ2v) is 7.35. The Balaban J connectivity index is 2.39. The number of methoxy groups -OCH3 is 1. The summed E-state index contributed by atoms with van der Waals surface area (Å²) in [6.45, 7) is 7.04. The topological polar surface area (TPSA) is 64.6 Å². The van der Waals surface area contributed by atoms with Gasteiger partial charge in [-0.3, -0.25) is 5.32 Å². The molecule has 1 N–H and O–H groups in total. The first-order valence-corrected chi connectivity index (χ1v) is 8.31. The van der Waals surface area contributed by atoms with Gasteiger partial charge < -0.3 is 9.47 Å². The number of hydrogen-bond acceptors (Lipinski definition) is 5. The number of carbonyl (C=O) groups is 2. The normalized spacial score (nSPS) is 12.5. The van der Waals surface area contributed by atoms with Crippen molar-refractivity contribution in [3.05, 3.63) is 40.9 Å². The minimum Gasteiger partial charge on any atom is -0.464 e. The van der Waals surface area contributed by atoms with E-state index in [9.17, 15) is 9.59 Å². The summed E-state index contributed by atoms with van der Waals surface area (Å²) in [6, 6.07) is 9.91. The molecule has 1 amide bonds. The van der Waals surface area contributed by atoms with Crippen LogP contribution in [0.3, 0.4) is 0 Å². The minimum atomic E-state index is -0.691. The molecule has 128 valence electrons. The van der Waals surface area contributed by atoms with E-state index in [-0.39, 0.29) is 5.70 Å². The first-order valence-electron chi connectivity index (χ1n) is 7.49. The molecule has 0 aliphatic carbocycles. The number of amides is 1. The zero-order chi connectivity index (χ0) is 17.9. The van der Waals surface area contributed by atoms with Crippen molar-refractivity contribution in [1.29, 1.82) is 0 Å². The maximum absolute atomic E-state index is 12.1. The number of nitrogens with one attached hydrogen (secondary N) is 1. The molecular formula is C18H21NO4S. The van der Waals surface area contributed by atoms with Crippen LogP contribution < -0.4 is 5.32 Å². The first kappa shape index (κ1) is 18.0. The fourth-order valence-corrected chi connectivity index (χ4v) is 3.16. The molecule has 5 nitrogen and oxygen atoms in total. The van der Waals surface area contributed by atoms with E-state index in [1.54, 1.807) is 39.0 Å². The van der Waals surface area contributed by atoms with E-state index < -0.39 is 17.7 Å². The standard InChI is InChI=1S/C18H21NO4S/c1-11(14-10-12-8-6-7-9-13(12)24-14)15(16(20)22-5)19-17(21)23-18(2,3)4/h6-10H,1-5H3,(H,19,21)/b15-11-. The van der Waals surface area contributed by atoms with Crippen LogP contribution in [0.25, 0.3) is 15.7 Å². The third-order valence-electron chi connectivity index (χ3n) is 3.19. The van der Waals surface area contributed by atoms with Crippen LogP contribution in [0.4, 0.5) is 4.79 Å². The number of benzene rings is 1. The lowest BCUT2D eigenvalue weighted by Gasteiger charge is -2.20. The van der Waals surface area contributed by atoms with Gasteiger partial charge in [-0.2, -0.15) is 0 Å². The largest absolute Gasteiger partial charge is 0.464 e. The number of esters is 1. The summed E-state index contributed by atoms with van der Waals surface area (Å²) in [4.78, 5) is 25.0. The van der Waals surface area contributed by atoms with Crippen molar-refractivity contribution in [1.82, 2.24) is 5.32 Å². The fraction of sp³-hybridized carbons (Fsp3) is 0.333. The van der Waals surface area contributed by atoms with Crippen LogP contribution in [0.2, 0.25) is 0 Å². The summed E-state index contributed by atoms with van der Waals surface area (Å²) in [6.07, 6.45) is -0.691. The smallest absolute Gasteiger partial charge is 0.412 e. The second kappa shape index (κ2) is 7.05. The lowest BCUT2D eigenvalue weighted by Crippen LogP contribution is -2.35. The van der Waals surface area contributed by atoms with Gasteiger partial charge in [-0.05, 0) is 50.8 Å². The maximum atomic E-state index is 12.1. The SMILES string of the molecule is COC(=O)/C(NC(=O)OC(C)(C)C)=C(\C)c1cc2ccccc2s1. The Labute approximate surface area is 145 Å². The molecule has 1 aromatic carbocycles. The van der Waals surface area contributed by atoms with E-state index >= 15 is 0 Å². The van der Waals surface area contributed by atoms with Crippen LogP contribution in [-0.2, 0) is 14.3 Å². The molecule has 0 saturated heterocycles. The first-order chi connectivity index (χ1) is 11.2. The molecule has 0 aliphatic rings. The number of hydrogen-bond donors (Lipinski definition) is 1. The van der Waals surface area contributed by atoms with Crippen LogP contribution >= 0.6 is 11.3 Å². The van der Waals surface area contributed by atoms with Gasteiger partial charge in [-0.1, -0.05) is 18.2 Å². The van der Waals surface area contributed by atoms with E-state index in [1.807, 2.05) is 30.3 Å². The Kier molecular flexibility index (Phi) is 5.29. The zero-order valence-corrected chi connectivity index (χ0v) is 15.2. The lowest BCUT2D eigenvalue weighted by atomic mass is 10.1. The summed E-state index contributed by atoms with van der Waals surface area (Å²) in [5, 5.41) is 3.60. The van der Waals surface area contributed by atoms with Crippen LogP contribution in [0.1, 0.15) is 32.6 Å². The molecule has 0 aliphatic heterocycles. The van der Waals surface area contributed by atoms with Crippen molar-refractivity contribution < 1.29 is 19.1 Å². The number of carbonyl (C=O) groups excluding carboxylic acids is 2. The molecule has 0 unspecified atom stereocenters. The van der Waals surface area contributed by atoms with Gasteiger partial charge in [0.1, 0.15) is 11.3 Å². The Bertz CT molecular complexity index is 766. The summed E-state index contributed by atoms with van der Waals surface area (Å²) < 4.78 is 11.1. The monoisotopic (exact) mass is 347 g/mol. The Hall–Kier alpha value is -2.34. The third kappa shape index (κ3) is 4.35. The summed E-state index contributed by atoms with van der Waals surface area (Å²) in [5.41, 5.74) is 0.0591. The van der Waals surface area contributed by atoms with Crippen molar-refractivity contribution >= 4 is 39.1 Å². The molecule has 2 aromatic rings. The highest BCUT2D eigenvalue weighted by atomic mass is 32.1. The maximum Gasteiger partial charge on any atom is 0.412 e. The van der Waals surface area contributed by atoms with Gasteiger partial charge >= 0.3 is 12.1 Å². The van der Waals surface area contributed by atoms with Crippen LogP contribution in [-0.4, -0.2) is 24.8 Å². The van der Waals surface area contributed by atoms with E-state index in [0.717, 1.165) is 15.0 Å². The van der Waals surface area contributed by atoms with Crippen molar-refractivity contribution in [3.8, 4) is 0 Å². The van der Waals surface area contributed by atoms with Crippen LogP contribution in [0, 0.1) is 0 Å². The molecule has 24 heavy (non-hydrogen) atoms. The lowest BCUT2D eigenvalue weighted by molar-refractivity contribution is -0.136. The molecule has 2 rings (SSSR count). The quantitative estimate of drug-likeness (QED) is 0.663. The molecule has 0 atom stereocenters. The highest BCUT2D eigenvalue weighted by molar-refractivity contribution is 7.20. The van der Waals surface area contributed by atoms with Gasteiger partial charge in [0.05, 0.1) is 7.11 Å². The van der Waals surface area contributed by atoms with Gasteiger partial charge in [0, 0.05) is 9.58 Å². The highest BCUT2D eigenvalue weighted by Crippen LogP contribution is 2.31. The third-order valence-corrected chi connectivity index (χ3v) is 4.42. The molecule has 0 fully saturated rings. The van der Waals surface area contributed by atoms with Crippen LogP contribution in [0.5, 0.6) is 0 Å². The van der Waals surface area contributed by atoms with Crippen molar-refractivity contribution in [2.75, 3.05) is 7.11 Å². The molecule has 0 bridgehead atoms. The van der Waals surface area contributed by atoms with Gasteiger partial charge in [0.25, 0.3) is 0 Å². The van der Waals surface area contributed by atoms with E-state index in [1.165, 1.54) is 7.11 Å². The minimum absolute atomic E-state index is 0.0818. The molecule has 6 heteroatoms. The number of alkyl carbamates (subject to hydrolysis) is 1. The van der Waals surface area contributed by atoms with Gasteiger partial charge in [0.15, 0.2) is 0 Å². The van der Waals surface area contributed by atoms with E-state index in [0.29, 0.717) is 5.57 Å². The van der Waals surface area contributed by atoms with Gasteiger partial charge in [0.2, 0.25) is 0 Å². The van der Waals surface area contributed by atoms with Crippen molar-refractivity contribution in [2.45, 2.75) is 33.3 Å². The van der Waals surface area contributed by atoms with Gasteiger partial charge in [-0.15, -0.1) is 11.3 Å². The zero-order valence-electron chi connectivity index (χ0n) is 14.4. The Morgan fingerprint density at radius 1 is 1.17 bits per heavy atom. The number of thiophene rings is 1. The second-order valence-electron chi connectivity index (χ2n) is 6.27. The number of ether oxygens (including phenoxy) is 2. The molecule has 0 radical (unpaired) electrons. The summed E-state index contributed by atoms with van der Waals surface area (Å²) >= 11 is 1.54. The highest BCUT2D eigenvalue weighted by Gasteiger charge is 2.22.